The summed E-state index contributed by atoms with van der Waals surface area (Å²) in [7, 11) is 1.70. The minimum atomic E-state index is -0.264. The molecule has 0 unspecified atom stereocenters. The SMILES string of the molecule is Cn1c(-c2ccsc2)cc(-c2ccccc2)c(C#N)c1=O. The number of hydrogen-bond donors (Lipinski definition) is 0. The van der Waals surface area contributed by atoms with Gasteiger partial charge in [-0.2, -0.15) is 16.6 Å². The van der Waals surface area contributed by atoms with E-state index in [2.05, 4.69) is 0 Å². The fourth-order valence-electron chi connectivity index (χ4n) is 2.34. The summed E-state index contributed by atoms with van der Waals surface area (Å²) in [4.78, 5) is 12.5. The normalized spacial score (nSPS) is 10.3. The molecule has 0 aliphatic heterocycles. The molecule has 1 aromatic carbocycles. The van der Waals surface area contributed by atoms with Gasteiger partial charge in [-0.05, 0) is 23.1 Å². The molecule has 0 N–H and O–H groups in total. The lowest BCUT2D eigenvalue weighted by Crippen LogP contribution is -2.22. The number of benzene rings is 1. The number of hydrogen-bond acceptors (Lipinski definition) is 3. The molecule has 0 fully saturated rings. The van der Waals surface area contributed by atoms with Crippen LogP contribution in [0.3, 0.4) is 0 Å². The van der Waals surface area contributed by atoms with Crippen LogP contribution in [0.2, 0.25) is 0 Å². The van der Waals surface area contributed by atoms with E-state index >= 15 is 0 Å². The van der Waals surface area contributed by atoms with E-state index in [1.54, 1.807) is 18.4 Å². The number of nitrogens with zero attached hydrogens (tertiary/aromatic N) is 2. The number of thiophene rings is 1. The average Bonchev–Trinajstić information content (AvgIpc) is 3.04. The highest BCUT2D eigenvalue weighted by atomic mass is 32.1. The Bertz CT molecular complexity index is 872. The molecule has 0 bridgehead atoms. The van der Waals surface area contributed by atoms with Crippen molar-refractivity contribution in [2.24, 2.45) is 7.05 Å². The Morgan fingerprint density at radius 2 is 1.90 bits per heavy atom. The zero-order chi connectivity index (χ0) is 14.8. The molecule has 102 valence electrons. The van der Waals surface area contributed by atoms with Crippen molar-refractivity contribution < 1.29 is 0 Å². The van der Waals surface area contributed by atoms with Crippen LogP contribution in [0.4, 0.5) is 0 Å². The van der Waals surface area contributed by atoms with Gasteiger partial charge in [-0.1, -0.05) is 30.3 Å². The summed E-state index contributed by atoms with van der Waals surface area (Å²) in [5, 5.41) is 13.3. The van der Waals surface area contributed by atoms with Gasteiger partial charge in [-0.15, -0.1) is 0 Å². The van der Waals surface area contributed by atoms with Crippen molar-refractivity contribution in [2.75, 3.05) is 0 Å². The number of nitriles is 1. The van der Waals surface area contributed by atoms with Gasteiger partial charge in [0.15, 0.2) is 0 Å². The molecule has 4 heteroatoms. The highest BCUT2D eigenvalue weighted by Gasteiger charge is 2.15. The lowest BCUT2D eigenvalue weighted by atomic mass is 9.99. The standard InChI is InChI=1S/C17H12N2OS/c1-19-16(13-7-8-21-11-13)9-14(15(10-18)17(19)20)12-5-3-2-4-6-12/h2-9,11H,1H3. The Morgan fingerprint density at radius 3 is 2.52 bits per heavy atom. The second kappa shape index (κ2) is 5.39. The Hall–Kier alpha value is -2.64. The Kier molecular flexibility index (Phi) is 3.43. The second-order valence-corrected chi connectivity index (χ2v) is 5.45. The monoisotopic (exact) mass is 292 g/mol. The third kappa shape index (κ3) is 2.28. The summed E-state index contributed by atoms with van der Waals surface area (Å²) in [6, 6.07) is 15.5. The molecule has 0 radical (unpaired) electrons. The molecule has 0 saturated carbocycles. The van der Waals surface area contributed by atoms with Gasteiger partial charge in [0.25, 0.3) is 5.56 Å². The average molecular weight is 292 g/mol. The third-order valence-corrected chi connectivity index (χ3v) is 4.13. The van der Waals surface area contributed by atoms with Gasteiger partial charge in [0.05, 0.1) is 5.69 Å². The van der Waals surface area contributed by atoms with Gasteiger partial charge in [0.1, 0.15) is 11.6 Å². The van der Waals surface area contributed by atoms with Crippen molar-refractivity contribution in [2.45, 2.75) is 0 Å². The van der Waals surface area contributed by atoms with Gasteiger partial charge >= 0.3 is 0 Å². The smallest absolute Gasteiger partial charge is 0.269 e. The zero-order valence-corrected chi connectivity index (χ0v) is 12.2. The van der Waals surface area contributed by atoms with Crippen LogP contribution in [0, 0.1) is 11.3 Å². The molecule has 3 aromatic rings. The molecule has 2 aromatic heterocycles. The maximum absolute atomic E-state index is 12.5. The summed E-state index contributed by atoms with van der Waals surface area (Å²) in [5.41, 5.74) is 3.29. The van der Waals surface area contributed by atoms with E-state index in [1.807, 2.05) is 59.3 Å². The van der Waals surface area contributed by atoms with Crippen molar-refractivity contribution in [1.29, 1.82) is 5.26 Å². The summed E-state index contributed by atoms with van der Waals surface area (Å²) < 4.78 is 1.53. The van der Waals surface area contributed by atoms with E-state index in [0.717, 1.165) is 16.8 Å². The fourth-order valence-corrected chi connectivity index (χ4v) is 2.99. The maximum atomic E-state index is 12.5. The second-order valence-electron chi connectivity index (χ2n) is 4.67. The maximum Gasteiger partial charge on any atom is 0.269 e. The molecule has 0 atom stereocenters. The Morgan fingerprint density at radius 1 is 1.14 bits per heavy atom. The molecule has 0 aliphatic carbocycles. The molecule has 2 heterocycles. The first-order valence-electron chi connectivity index (χ1n) is 6.44. The van der Waals surface area contributed by atoms with E-state index in [1.165, 1.54) is 4.57 Å². The summed E-state index contributed by atoms with van der Waals surface area (Å²) >= 11 is 1.58. The van der Waals surface area contributed by atoms with Gasteiger partial charge in [0, 0.05) is 23.6 Å². The van der Waals surface area contributed by atoms with Crippen LogP contribution in [0.1, 0.15) is 5.56 Å². The van der Waals surface area contributed by atoms with Crippen molar-refractivity contribution in [3.63, 3.8) is 0 Å². The van der Waals surface area contributed by atoms with Crippen LogP contribution in [0.25, 0.3) is 22.4 Å². The molecule has 0 spiro atoms. The molecular weight excluding hydrogens is 280 g/mol. The van der Waals surface area contributed by atoms with Crippen LogP contribution in [0.15, 0.2) is 58.0 Å². The minimum Gasteiger partial charge on any atom is -0.310 e. The zero-order valence-electron chi connectivity index (χ0n) is 11.4. The van der Waals surface area contributed by atoms with Crippen molar-refractivity contribution in [3.05, 3.63) is 69.1 Å². The highest BCUT2D eigenvalue weighted by Crippen LogP contribution is 2.28. The molecular formula is C17H12N2OS. The first-order valence-corrected chi connectivity index (χ1v) is 7.39. The van der Waals surface area contributed by atoms with Crippen molar-refractivity contribution in [3.8, 4) is 28.5 Å². The Balaban J connectivity index is 2.35. The largest absolute Gasteiger partial charge is 0.310 e. The fraction of sp³-hybridized carbons (Fsp3) is 0.0588. The highest BCUT2D eigenvalue weighted by molar-refractivity contribution is 7.08. The topological polar surface area (TPSA) is 45.8 Å². The van der Waals surface area contributed by atoms with Crippen LogP contribution in [-0.2, 0) is 7.05 Å². The number of rotatable bonds is 2. The molecule has 3 rings (SSSR count). The molecule has 0 saturated heterocycles. The summed E-state index contributed by atoms with van der Waals surface area (Å²) in [6.45, 7) is 0. The quantitative estimate of drug-likeness (QED) is 0.723. The number of pyridine rings is 1. The van der Waals surface area contributed by atoms with Gasteiger partial charge < -0.3 is 4.57 Å². The lowest BCUT2D eigenvalue weighted by Gasteiger charge is -2.11. The molecule has 3 nitrogen and oxygen atoms in total. The van der Waals surface area contributed by atoms with E-state index in [4.69, 9.17) is 0 Å². The van der Waals surface area contributed by atoms with Crippen LogP contribution < -0.4 is 5.56 Å². The van der Waals surface area contributed by atoms with E-state index in [-0.39, 0.29) is 11.1 Å². The van der Waals surface area contributed by atoms with E-state index in [0.29, 0.717) is 5.56 Å². The predicted octanol–water partition coefficient (Wildman–Crippen LogP) is 3.65. The third-order valence-electron chi connectivity index (χ3n) is 3.44. The Labute approximate surface area is 126 Å². The van der Waals surface area contributed by atoms with E-state index in [9.17, 15) is 10.1 Å². The summed E-state index contributed by atoms with van der Waals surface area (Å²) in [6.07, 6.45) is 0. The van der Waals surface area contributed by atoms with Crippen LogP contribution in [0.5, 0.6) is 0 Å². The van der Waals surface area contributed by atoms with Crippen LogP contribution >= 0.6 is 11.3 Å². The van der Waals surface area contributed by atoms with Crippen molar-refractivity contribution in [1.82, 2.24) is 4.57 Å². The predicted molar refractivity (Wildman–Crippen MR) is 85.1 cm³/mol. The van der Waals surface area contributed by atoms with Gasteiger partial charge in [-0.25, -0.2) is 0 Å². The van der Waals surface area contributed by atoms with Crippen LogP contribution in [-0.4, -0.2) is 4.57 Å². The van der Waals surface area contributed by atoms with Gasteiger partial charge in [0.2, 0.25) is 0 Å². The van der Waals surface area contributed by atoms with Crippen molar-refractivity contribution >= 4 is 11.3 Å². The van der Waals surface area contributed by atoms with Gasteiger partial charge in [-0.3, -0.25) is 4.79 Å². The first kappa shape index (κ1) is 13.3. The van der Waals surface area contributed by atoms with E-state index < -0.39 is 0 Å². The first-order chi connectivity index (χ1) is 10.2. The minimum absolute atomic E-state index is 0.183. The summed E-state index contributed by atoms with van der Waals surface area (Å²) in [5.74, 6) is 0. The number of aromatic nitrogens is 1. The lowest BCUT2D eigenvalue weighted by molar-refractivity contribution is 0.867. The molecule has 21 heavy (non-hydrogen) atoms. The molecule has 0 aliphatic rings. The molecule has 0 amide bonds.